The van der Waals surface area contributed by atoms with Gasteiger partial charge in [0.05, 0.1) is 10.5 Å². The van der Waals surface area contributed by atoms with Gasteiger partial charge in [0, 0.05) is 36.6 Å². The largest absolute Gasteiger partial charge is 0.348 e. The van der Waals surface area contributed by atoms with Crippen molar-refractivity contribution in [2.75, 3.05) is 13.1 Å². The van der Waals surface area contributed by atoms with E-state index < -0.39 is 21.5 Å². The minimum atomic E-state index is -3.69. The number of carbonyl (C=O) groups is 1. The Balaban J connectivity index is 1.67. The molecule has 1 fully saturated rings. The van der Waals surface area contributed by atoms with Crippen LogP contribution >= 0.6 is 0 Å². The van der Waals surface area contributed by atoms with Crippen LogP contribution in [0.4, 0.5) is 0 Å². The van der Waals surface area contributed by atoms with Gasteiger partial charge in [-0.2, -0.15) is 4.31 Å². The fourth-order valence-corrected chi connectivity index (χ4v) is 5.70. The van der Waals surface area contributed by atoms with Gasteiger partial charge in [0.2, 0.25) is 15.6 Å². The maximum atomic E-state index is 13.2. The molecule has 2 N–H and O–H groups in total. The summed E-state index contributed by atoms with van der Waals surface area (Å²) in [6.45, 7) is 5.30. The Morgan fingerprint density at radius 1 is 1.16 bits per heavy atom. The minimum Gasteiger partial charge on any atom is -0.348 e. The number of fused-ring (bicyclic) bond motifs is 1. The summed E-state index contributed by atoms with van der Waals surface area (Å²) in [5.74, 6) is -0.124. The highest BCUT2D eigenvalue weighted by molar-refractivity contribution is 7.89. The highest BCUT2D eigenvalue weighted by Gasteiger charge is 2.29. The van der Waals surface area contributed by atoms with E-state index in [0.717, 1.165) is 24.0 Å². The predicted molar refractivity (Wildman–Crippen MR) is 124 cm³/mol. The number of nitrogens with one attached hydrogen (secondary N) is 2. The minimum absolute atomic E-state index is 0.124. The van der Waals surface area contributed by atoms with Crippen molar-refractivity contribution in [3.05, 3.63) is 75.6 Å². The molecule has 4 rings (SSSR count). The fourth-order valence-electron chi connectivity index (χ4n) is 4.08. The maximum absolute atomic E-state index is 13.2. The van der Waals surface area contributed by atoms with Crippen LogP contribution in [0.15, 0.2) is 58.2 Å². The van der Waals surface area contributed by atoms with Gasteiger partial charge in [-0.3, -0.25) is 9.59 Å². The first-order valence-corrected chi connectivity index (χ1v) is 12.2. The maximum Gasteiger partial charge on any atom is 0.252 e. The number of H-pyrrole nitrogens is 1. The zero-order chi connectivity index (χ0) is 22.9. The molecule has 2 heterocycles. The molecule has 8 heteroatoms. The Bertz CT molecular complexity index is 1310. The fraction of sp³-hybridized carbons (Fsp3) is 0.333. The highest BCUT2D eigenvalue weighted by atomic mass is 32.2. The van der Waals surface area contributed by atoms with E-state index in [-0.39, 0.29) is 10.5 Å². The van der Waals surface area contributed by atoms with Gasteiger partial charge >= 0.3 is 0 Å². The molecule has 1 amide bonds. The molecule has 3 aromatic rings. The summed E-state index contributed by atoms with van der Waals surface area (Å²) < 4.78 is 27.9. The summed E-state index contributed by atoms with van der Waals surface area (Å²) in [6.07, 6.45) is 1.84. The van der Waals surface area contributed by atoms with E-state index in [2.05, 4.69) is 10.3 Å². The molecule has 1 aliphatic rings. The number of aromatic nitrogens is 1. The average molecular weight is 454 g/mol. The van der Waals surface area contributed by atoms with Crippen molar-refractivity contribution < 1.29 is 13.2 Å². The summed E-state index contributed by atoms with van der Waals surface area (Å²) in [6, 6.07) is 13.5. The lowest BCUT2D eigenvalue weighted by Crippen LogP contribution is -2.39. The number of sulfonamides is 1. The normalized spacial score (nSPS) is 17.4. The van der Waals surface area contributed by atoms with Gasteiger partial charge in [-0.15, -0.1) is 0 Å². The quantitative estimate of drug-likeness (QED) is 0.620. The average Bonchev–Trinajstić information content (AvgIpc) is 2.77. The van der Waals surface area contributed by atoms with E-state index in [1.54, 1.807) is 6.07 Å². The SMILES string of the molecule is Cc1ccc(CNC(=O)c2cc(=O)[nH]c3ccc(S(=O)(=O)N4CCC[C@@H](C)C4)cc23)cc1. The number of pyridine rings is 1. The van der Waals surface area contributed by atoms with E-state index in [1.165, 1.54) is 22.5 Å². The third kappa shape index (κ3) is 4.61. The second kappa shape index (κ2) is 8.88. The van der Waals surface area contributed by atoms with Crippen LogP contribution in [-0.2, 0) is 16.6 Å². The van der Waals surface area contributed by atoms with E-state index in [9.17, 15) is 18.0 Å². The number of hydrogen-bond acceptors (Lipinski definition) is 4. The second-order valence-corrected chi connectivity index (χ2v) is 10.5. The third-order valence-corrected chi connectivity index (χ3v) is 7.75. The molecule has 0 bridgehead atoms. The van der Waals surface area contributed by atoms with Crippen molar-refractivity contribution in [3.8, 4) is 0 Å². The first kappa shape index (κ1) is 22.2. The van der Waals surface area contributed by atoms with Gasteiger partial charge < -0.3 is 10.3 Å². The van der Waals surface area contributed by atoms with Crippen LogP contribution in [0.2, 0.25) is 0 Å². The number of nitrogens with zero attached hydrogens (tertiary/aromatic N) is 1. The summed E-state index contributed by atoms with van der Waals surface area (Å²) >= 11 is 0. The lowest BCUT2D eigenvalue weighted by molar-refractivity contribution is 0.0952. The van der Waals surface area contributed by atoms with Gasteiger partial charge in [-0.05, 0) is 49.4 Å². The van der Waals surface area contributed by atoms with Crippen molar-refractivity contribution in [1.29, 1.82) is 0 Å². The topological polar surface area (TPSA) is 99.3 Å². The molecular weight excluding hydrogens is 426 g/mol. The number of piperidine rings is 1. The molecule has 32 heavy (non-hydrogen) atoms. The first-order chi connectivity index (χ1) is 15.2. The Morgan fingerprint density at radius 2 is 1.91 bits per heavy atom. The molecule has 0 unspecified atom stereocenters. The van der Waals surface area contributed by atoms with Gasteiger partial charge in [-0.25, -0.2) is 8.42 Å². The Morgan fingerprint density at radius 3 is 2.62 bits per heavy atom. The second-order valence-electron chi connectivity index (χ2n) is 8.53. The number of aromatic amines is 1. The highest BCUT2D eigenvalue weighted by Crippen LogP contribution is 2.26. The van der Waals surface area contributed by atoms with Gasteiger partial charge in [0.25, 0.3) is 5.91 Å². The van der Waals surface area contributed by atoms with E-state index in [1.807, 2.05) is 38.1 Å². The first-order valence-electron chi connectivity index (χ1n) is 10.7. The zero-order valence-corrected chi connectivity index (χ0v) is 19.0. The smallest absolute Gasteiger partial charge is 0.252 e. The Kier molecular flexibility index (Phi) is 6.17. The van der Waals surface area contributed by atoms with Crippen LogP contribution in [0.25, 0.3) is 10.9 Å². The lowest BCUT2D eigenvalue weighted by Gasteiger charge is -2.30. The van der Waals surface area contributed by atoms with Crippen LogP contribution in [-0.4, -0.2) is 36.7 Å². The third-order valence-electron chi connectivity index (χ3n) is 5.89. The number of amides is 1. The zero-order valence-electron chi connectivity index (χ0n) is 18.2. The number of aryl methyl sites for hydroxylation is 1. The van der Waals surface area contributed by atoms with Crippen LogP contribution in [0.5, 0.6) is 0 Å². The molecule has 0 saturated carbocycles. The van der Waals surface area contributed by atoms with Crippen LogP contribution < -0.4 is 10.9 Å². The Hall–Kier alpha value is -2.97. The monoisotopic (exact) mass is 453 g/mol. The van der Waals surface area contributed by atoms with Gasteiger partial charge in [0.15, 0.2) is 0 Å². The molecule has 0 spiro atoms. The molecule has 7 nitrogen and oxygen atoms in total. The van der Waals surface area contributed by atoms with Crippen molar-refractivity contribution in [2.45, 2.75) is 38.1 Å². The van der Waals surface area contributed by atoms with Crippen LogP contribution in [0.1, 0.15) is 41.3 Å². The lowest BCUT2D eigenvalue weighted by atomic mass is 10.0. The summed E-state index contributed by atoms with van der Waals surface area (Å²) in [4.78, 5) is 27.9. The van der Waals surface area contributed by atoms with Crippen LogP contribution in [0, 0.1) is 12.8 Å². The van der Waals surface area contributed by atoms with Gasteiger partial charge in [-0.1, -0.05) is 36.8 Å². The van der Waals surface area contributed by atoms with Crippen molar-refractivity contribution in [3.63, 3.8) is 0 Å². The van der Waals surface area contributed by atoms with Crippen LogP contribution in [0.3, 0.4) is 0 Å². The summed E-state index contributed by atoms with van der Waals surface area (Å²) in [5.41, 5.74) is 2.21. The summed E-state index contributed by atoms with van der Waals surface area (Å²) in [5, 5.41) is 3.23. The van der Waals surface area contributed by atoms with Crippen molar-refractivity contribution in [2.24, 2.45) is 5.92 Å². The standard InChI is InChI=1S/C24H27N3O4S/c1-16-5-7-18(8-6-16)14-25-24(29)21-13-23(28)26-22-10-9-19(12-20(21)22)32(30,31)27-11-3-4-17(2)15-27/h5-10,12-13,17H,3-4,11,14-15H2,1-2H3,(H,25,29)(H,26,28)/t17-/m1/s1. The number of carbonyl (C=O) groups excluding carboxylic acids is 1. The van der Waals surface area contributed by atoms with Crippen molar-refractivity contribution >= 4 is 26.8 Å². The molecule has 1 saturated heterocycles. The van der Waals surface area contributed by atoms with E-state index in [0.29, 0.717) is 36.5 Å². The molecule has 168 valence electrons. The predicted octanol–water partition coefficient (Wildman–Crippen LogP) is 3.19. The van der Waals surface area contributed by atoms with E-state index >= 15 is 0 Å². The molecule has 0 aliphatic carbocycles. The molecule has 1 atom stereocenters. The number of rotatable bonds is 5. The summed E-state index contributed by atoms with van der Waals surface area (Å²) in [7, 11) is -3.69. The molecule has 2 aromatic carbocycles. The molecule has 1 aliphatic heterocycles. The molecule has 0 radical (unpaired) electrons. The van der Waals surface area contributed by atoms with Crippen molar-refractivity contribution in [1.82, 2.24) is 14.6 Å². The number of hydrogen-bond donors (Lipinski definition) is 2. The van der Waals surface area contributed by atoms with E-state index in [4.69, 9.17) is 0 Å². The Labute approximate surface area is 187 Å². The molecule has 1 aromatic heterocycles. The molecular formula is C24H27N3O4S. The number of benzene rings is 2. The van der Waals surface area contributed by atoms with Gasteiger partial charge in [0.1, 0.15) is 0 Å².